The van der Waals surface area contributed by atoms with Crippen LogP contribution in [0.2, 0.25) is 0 Å². The number of hydrogen-bond donors (Lipinski definition) is 3. The average molecular weight is 267 g/mol. The number of fused-ring (bicyclic) bond motifs is 1. The van der Waals surface area contributed by atoms with E-state index in [-0.39, 0.29) is 17.3 Å². The minimum atomic E-state index is -0.914. The van der Waals surface area contributed by atoms with Gasteiger partial charge in [-0.15, -0.1) is 0 Å². The molecule has 1 atom stereocenters. The fourth-order valence-corrected chi connectivity index (χ4v) is 2.36. The van der Waals surface area contributed by atoms with Crippen molar-refractivity contribution in [2.75, 3.05) is 13.1 Å². The molecule has 0 spiro atoms. The van der Waals surface area contributed by atoms with Gasteiger partial charge >= 0.3 is 5.97 Å². The smallest absolute Gasteiger partial charge is 0.353 e. The molecule has 0 saturated carbocycles. The molecule has 0 radical (unpaired) electrons. The maximum atomic E-state index is 11.0. The van der Waals surface area contributed by atoms with E-state index in [0.717, 1.165) is 12.1 Å². The Morgan fingerprint density at radius 2 is 2.21 bits per heavy atom. The van der Waals surface area contributed by atoms with Crippen molar-refractivity contribution in [3.8, 4) is 0 Å². The zero-order valence-electron chi connectivity index (χ0n) is 11.6. The molecular weight excluding hydrogens is 246 g/mol. The number of carboxylic acids is 1. The molecule has 0 aromatic heterocycles. The van der Waals surface area contributed by atoms with Crippen molar-refractivity contribution in [3.63, 3.8) is 0 Å². The Kier molecular flexibility index (Phi) is 3.45. The number of ether oxygens (including phenoxy) is 1. The Morgan fingerprint density at radius 1 is 1.53 bits per heavy atom. The second-order valence-electron chi connectivity index (χ2n) is 5.83. The number of rotatable bonds is 3. The van der Waals surface area contributed by atoms with E-state index in [2.05, 4.69) is 17.4 Å². The lowest BCUT2D eigenvalue weighted by Crippen LogP contribution is -2.46. The second-order valence-corrected chi connectivity index (χ2v) is 5.83. The highest BCUT2D eigenvalue weighted by Crippen LogP contribution is 2.26. The number of carboxylic acid groups (broad SMARTS) is 1. The van der Waals surface area contributed by atoms with Gasteiger partial charge in [0.2, 0.25) is 0 Å². The van der Waals surface area contributed by atoms with Crippen molar-refractivity contribution in [2.24, 2.45) is 0 Å². The Labute approximate surface area is 113 Å². The monoisotopic (exact) mass is 267 g/mol. The summed E-state index contributed by atoms with van der Waals surface area (Å²) in [7, 11) is 0. The molecular formula is C13H21N3O3. The van der Waals surface area contributed by atoms with Crippen molar-refractivity contribution in [1.82, 2.24) is 15.8 Å². The molecule has 6 heteroatoms. The zero-order chi connectivity index (χ0) is 14.2. The maximum absolute atomic E-state index is 11.0. The van der Waals surface area contributed by atoms with Gasteiger partial charge in [-0.1, -0.05) is 0 Å². The number of aliphatic carboxylic acids is 1. The van der Waals surface area contributed by atoms with Crippen LogP contribution in [0.4, 0.5) is 0 Å². The SMILES string of the molecule is C=C(OC(C)(C)C)N1CCC2=C(C(=O)O)NNC2C1. The van der Waals surface area contributed by atoms with Crippen LogP contribution in [0.15, 0.2) is 23.7 Å². The molecule has 2 rings (SSSR count). The Bertz CT molecular complexity index is 437. The topological polar surface area (TPSA) is 73.8 Å². The Balaban J connectivity index is 2.02. The molecule has 0 aliphatic carbocycles. The van der Waals surface area contributed by atoms with Crippen LogP contribution in [0.1, 0.15) is 27.2 Å². The van der Waals surface area contributed by atoms with E-state index in [1.54, 1.807) is 0 Å². The third-order valence-electron chi connectivity index (χ3n) is 3.16. The first-order chi connectivity index (χ1) is 8.78. The van der Waals surface area contributed by atoms with Gasteiger partial charge in [-0.2, -0.15) is 0 Å². The van der Waals surface area contributed by atoms with Crippen molar-refractivity contribution in [1.29, 1.82) is 0 Å². The van der Waals surface area contributed by atoms with Gasteiger partial charge in [-0.25, -0.2) is 10.2 Å². The largest absolute Gasteiger partial charge is 0.477 e. The predicted octanol–water partition coefficient (Wildman–Crippen LogP) is 0.793. The van der Waals surface area contributed by atoms with E-state index < -0.39 is 5.97 Å². The molecule has 2 heterocycles. The van der Waals surface area contributed by atoms with Crippen LogP contribution in [-0.4, -0.2) is 40.7 Å². The third kappa shape index (κ3) is 3.01. The first kappa shape index (κ1) is 13.7. The van der Waals surface area contributed by atoms with Gasteiger partial charge in [-0.05, 0) is 39.3 Å². The minimum Gasteiger partial charge on any atom is -0.477 e. The van der Waals surface area contributed by atoms with Crippen LogP contribution in [0.5, 0.6) is 0 Å². The molecule has 1 saturated heterocycles. The molecule has 2 aliphatic heterocycles. The van der Waals surface area contributed by atoms with Gasteiger partial charge < -0.3 is 20.2 Å². The van der Waals surface area contributed by atoms with Crippen LogP contribution in [0.3, 0.4) is 0 Å². The summed E-state index contributed by atoms with van der Waals surface area (Å²) in [5.74, 6) is -0.277. The second kappa shape index (κ2) is 4.77. The van der Waals surface area contributed by atoms with E-state index in [1.807, 2.05) is 25.7 Å². The first-order valence-corrected chi connectivity index (χ1v) is 6.38. The van der Waals surface area contributed by atoms with Crippen LogP contribution < -0.4 is 10.9 Å². The summed E-state index contributed by atoms with van der Waals surface area (Å²) >= 11 is 0. The lowest BCUT2D eigenvalue weighted by atomic mass is 9.98. The third-order valence-corrected chi connectivity index (χ3v) is 3.16. The van der Waals surface area contributed by atoms with Crippen LogP contribution in [-0.2, 0) is 9.53 Å². The number of carbonyl (C=O) groups is 1. The molecule has 19 heavy (non-hydrogen) atoms. The van der Waals surface area contributed by atoms with Gasteiger partial charge in [0.05, 0.1) is 6.04 Å². The molecule has 0 aromatic rings. The van der Waals surface area contributed by atoms with E-state index in [0.29, 0.717) is 18.8 Å². The molecule has 1 unspecified atom stereocenters. The number of nitrogens with zero attached hydrogens (tertiary/aromatic N) is 1. The predicted molar refractivity (Wildman–Crippen MR) is 70.9 cm³/mol. The highest BCUT2D eigenvalue weighted by molar-refractivity contribution is 5.87. The summed E-state index contributed by atoms with van der Waals surface area (Å²) in [5.41, 5.74) is 6.66. The Hall–Kier alpha value is -1.69. The number of piperidine rings is 1. The highest BCUT2D eigenvalue weighted by Gasteiger charge is 2.34. The van der Waals surface area contributed by atoms with Gasteiger partial charge in [0.15, 0.2) is 5.88 Å². The van der Waals surface area contributed by atoms with Crippen LogP contribution in [0, 0.1) is 0 Å². The molecule has 106 valence electrons. The number of likely N-dealkylation sites (tertiary alicyclic amines) is 1. The normalized spacial score (nSPS) is 22.9. The summed E-state index contributed by atoms with van der Waals surface area (Å²) < 4.78 is 5.75. The van der Waals surface area contributed by atoms with Crippen molar-refractivity contribution < 1.29 is 14.6 Å². The number of nitrogens with one attached hydrogen (secondary N) is 2. The summed E-state index contributed by atoms with van der Waals surface area (Å²) in [6.45, 7) is 11.3. The average Bonchev–Trinajstić information content (AvgIpc) is 2.68. The summed E-state index contributed by atoms with van der Waals surface area (Å²) in [6.07, 6.45) is 0.693. The van der Waals surface area contributed by atoms with Crippen LogP contribution in [0.25, 0.3) is 0 Å². The fourth-order valence-electron chi connectivity index (χ4n) is 2.36. The van der Waals surface area contributed by atoms with E-state index in [4.69, 9.17) is 9.84 Å². The molecule has 3 N–H and O–H groups in total. The summed E-state index contributed by atoms with van der Waals surface area (Å²) in [5, 5.41) is 9.06. The van der Waals surface area contributed by atoms with Crippen molar-refractivity contribution in [2.45, 2.75) is 38.8 Å². The minimum absolute atomic E-state index is 0.000156. The first-order valence-electron chi connectivity index (χ1n) is 6.38. The zero-order valence-corrected chi connectivity index (χ0v) is 11.6. The molecule has 0 bridgehead atoms. The Morgan fingerprint density at radius 3 is 2.79 bits per heavy atom. The summed E-state index contributed by atoms with van der Waals surface area (Å²) in [4.78, 5) is 13.1. The van der Waals surface area contributed by atoms with E-state index in [1.165, 1.54) is 0 Å². The molecule has 0 amide bonds. The highest BCUT2D eigenvalue weighted by atomic mass is 16.5. The van der Waals surface area contributed by atoms with Gasteiger partial charge in [0, 0.05) is 13.1 Å². The van der Waals surface area contributed by atoms with E-state index >= 15 is 0 Å². The molecule has 2 aliphatic rings. The lowest BCUT2D eigenvalue weighted by molar-refractivity contribution is -0.133. The summed E-state index contributed by atoms with van der Waals surface area (Å²) in [6, 6.07) is 0.000156. The number of hydrazine groups is 1. The van der Waals surface area contributed by atoms with Crippen LogP contribution >= 0.6 is 0 Å². The van der Waals surface area contributed by atoms with Gasteiger partial charge in [-0.3, -0.25) is 0 Å². The standard InChI is InChI=1S/C13H21N3O3/c1-8(19-13(2,3)4)16-6-5-9-10(7-16)14-15-11(9)12(17)18/h10,14-15H,1,5-7H2,2-4H3,(H,17,18). The quantitative estimate of drug-likeness (QED) is 0.657. The van der Waals surface area contributed by atoms with E-state index in [9.17, 15) is 4.79 Å². The van der Waals surface area contributed by atoms with Gasteiger partial charge in [0.25, 0.3) is 0 Å². The number of hydrogen-bond acceptors (Lipinski definition) is 5. The van der Waals surface area contributed by atoms with Gasteiger partial charge in [0.1, 0.15) is 11.3 Å². The van der Waals surface area contributed by atoms with Crippen molar-refractivity contribution in [3.05, 3.63) is 23.7 Å². The molecule has 6 nitrogen and oxygen atoms in total. The fraction of sp³-hybridized carbons (Fsp3) is 0.615. The van der Waals surface area contributed by atoms with Crippen molar-refractivity contribution >= 4 is 5.97 Å². The maximum Gasteiger partial charge on any atom is 0.353 e. The lowest BCUT2D eigenvalue weighted by Gasteiger charge is -2.36. The molecule has 1 fully saturated rings. The molecule has 0 aromatic carbocycles.